The van der Waals surface area contributed by atoms with E-state index in [0.29, 0.717) is 5.41 Å². The van der Waals surface area contributed by atoms with Crippen molar-refractivity contribution in [3.05, 3.63) is 5.92 Å². The monoisotopic (exact) mass is 167 g/mol. The average Bonchev–Trinajstić information content (AvgIpc) is 2.03. The molecule has 0 aliphatic heterocycles. The molecule has 0 amide bonds. The molecule has 12 heavy (non-hydrogen) atoms. The Kier molecular flexibility index (Phi) is 3.20. The van der Waals surface area contributed by atoms with Crippen molar-refractivity contribution in [3.63, 3.8) is 0 Å². The summed E-state index contributed by atoms with van der Waals surface area (Å²) in [4.78, 5) is 0. The van der Waals surface area contributed by atoms with E-state index in [9.17, 15) is 0 Å². The Morgan fingerprint density at radius 2 is 1.92 bits per heavy atom. The molecule has 1 atom stereocenters. The first-order chi connectivity index (χ1) is 5.55. The van der Waals surface area contributed by atoms with E-state index in [4.69, 9.17) is 0 Å². The van der Waals surface area contributed by atoms with Gasteiger partial charge in [-0.15, -0.1) is 0 Å². The van der Waals surface area contributed by atoms with Crippen LogP contribution < -0.4 is 0 Å². The summed E-state index contributed by atoms with van der Waals surface area (Å²) in [6.45, 7) is 9.45. The summed E-state index contributed by atoms with van der Waals surface area (Å²) < 4.78 is 0. The molecule has 71 valence electrons. The lowest BCUT2D eigenvalue weighted by Gasteiger charge is -2.39. The van der Waals surface area contributed by atoms with Gasteiger partial charge in [-0.2, -0.15) is 0 Å². The van der Waals surface area contributed by atoms with Crippen LogP contribution in [0.3, 0.4) is 0 Å². The minimum atomic E-state index is 0.459. The highest BCUT2D eigenvalue weighted by atomic mass is 14.4. The molecular weight excluding hydrogens is 144 g/mol. The topological polar surface area (TPSA) is 0 Å². The van der Waals surface area contributed by atoms with Gasteiger partial charge in [-0.1, -0.05) is 47.0 Å². The van der Waals surface area contributed by atoms with E-state index >= 15 is 0 Å². The van der Waals surface area contributed by atoms with Crippen molar-refractivity contribution in [1.29, 1.82) is 0 Å². The summed E-state index contributed by atoms with van der Waals surface area (Å²) in [6, 6.07) is 0. The summed E-state index contributed by atoms with van der Waals surface area (Å²) in [5.74, 6) is 2.76. The molecule has 0 aromatic rings. The summed E-state index contributed by atoms with van der Waals surface area (Å²) >= 11 is 0. The lowest BCUT2D eigenvalue weighted by atomic mass is 9.66. The minimum absolute atomic E-state index is 0.459. The summed E-state index contributed by atoms with van der Waals surface area (Å²) in [5.41, 5.74) is 0.459. The molecule has 0 spiro atoms. The maximum atomic E-state index is 2.37. The van der Waals surface area contributed by atoms with Crippen LogP contribution in [0.5, 0.6) is 0 Å². The number of rotatable bonds is 1. The van der Waals surface area contributed by atoms with Crippen molar-refractivity contribution >= 4 is 0 Å². The second-order valence-corrected chi connectivity index (χ2v) is 5.13. The Morgan fingerprint density at radius 3 is 2.33 bits per heavy atom. The van der Waals surface area contributed by atoms with E-state index in [1.165, 1.54) is 32.1 Å². The van der Waals surface area contributed by atoms with E-state index in [2.05, 4.69) is 27.7 Å². The second kappa shape index (κ2) is 3.81. The van der Waals surface area contributed by atoms with Gasteiger partial charge >= 0.3 is 0 Å². The first kappa shape index (κ1) is 10.1. The second-order valence-electron chi connectivity index (χ2n) is 5.13. The van der Waals surface area contributed by atoms with Gasteiger partial charge in [0.2, 0.25) is 0 Å². The zero-order valence-electron chi connectivity index (χ0n) is 9.11. The zero-order chi connectivity index (χ0) is 9.19. The van der Waals surface area contributed by atoms with Crippen LogP contribution in [-0.2, 0) is 0 Å². The van der Waals surface area contributed by atoms with Gasteiger partial charge < -0.3 is 0 Å². The molecule has 0 nitrogen and oxygen atoms in total. The molecule has 0 aromatic heterocycles. The molecular formula is C12H23. The molecule has 0 heterocycles. The highest BCUT2D eigenvalue weighted by Crippen LogP contribution is 2.44. The molecule has 1 saturated carbocycles. The Hall–Kier alpha value is 0. The van der Waals surface area contributed by atoms with Gasteiger partial charge in [0, 0.05) is 0 Å². The number of hydrogen-bond acceptors (Lipinski definition) is 0. The van der Waals surface area contributed by atoms with Gasteiger partial charge in [0.1, 0.15) is 0 Å². The van der Waals surface area contributed by atoms with Crippen LogP contribution in [0.2, 0.25) is 0 Å². The zero-order valence-corrected chi connectivity index (χ0v) is 9.11. The third-order valence-corrected chi connectivity index (χ3v) is 3.20. The van der Waals surface area contributed by atoms with Crippen molar-refractivity contribution < 1.29 is 0 Å². The maximum absolute atomic E-state index is 2.37. The molecule has 1 fully saturated rings. The van der Waals surface area contributed by atoms with Gasteiger partial charge in [-0.3, -0.25) is 0 Å². The van der Waals surface area contributed by atoms with Crippen molar-refractivity contribution in [1.82, 2.24) is 0 Å². The highest BCUT2D eigenvalue weighted by molar-refractivity contribution is 5.06. The van der Waals surface area contributed by atoms with Gasteiger partial charge in [0.05, 0.1) is 0 Å². The van der Waals surface area contributed by atoms with Gasteiger partial charge in [0.25, 0.3) is 0 Å². The summed E-state index contributed by atoms with van der Waals surface area (Å²) in [7, 11) is 0. The molecule has 0 N–H and O–H groups in total. The maximum Gasteiger partial charge on any atom is -0.0157 e. The highest BCUT2D eigenvalue weighted by Gasteiger charge is 2.33. The van der Waals surface area contributed by atoms with Crippen molar-refractivity contribution in [3.8, 4) is 0 Å². The van der Waals surface area contributed by atoms with E-state index in [1.807, 2.05) is 5.92 Å². The van der Waals surface area contributed by atoms with Crippen LogP contribution in [0.4, 0.5) is 0 Å². The smallest absolute Gasteiger partial charge is 0.0157 e. The molecule has 1 aliphatic rings. The number of hydrogen-bond donors (Lipinski definition) is 0. The SMILES string of the molecule is CCC1CCCC[C]1C(C)(C)C. The van der Waals surface area contributed by atoms with Crippen LogP contribution >= 0.6 is 0 Å². The fourth-order valence-corrected chi connectivity index (χ4v) is 2.52. The Labute approximate surface area is 77.7 Å². The summed E-state index contributed by atoms with van der Waals surface area (Å²) in [6.07, 6.45) is 7.08. The fourth-order valence-electron chi connectivity index (χ4n) is 2.52. The summed E-state index contributed by atoms with van der Waals surface area (Å²) in [5, 5.41) is 0. The lowest BCUT2D eigenvalue weighted by Crippen LogP contribution is -2.28. The van der Waals surface area contributed by atoms with Crippen molar-refractivity contribution in [2.45, 2.75) is 59.8 Å². The van der Waals surface area contributed by atoms with Crippen LogP contribution in [0.1, 0.15) is 59.8 Å². The van der Waals surface area contributed by atoms with Gasteiger partial charge in [-0.25, -0.2) is 0 Å². The molecule has 0 bridgehead atoms. The standard InChI is InChI=1S/C12H23/c1-5-10-8-6-7-9-11(10)12(2,3)4/h10H,5-9H2,1-4H3. The largest absolute Gasteiger partial charge is 0.0651 e. The van der Waals surface area contributed by atoms with Crippen LogP contribution in [0, 0.1) is 17.3 Å². The molecule has 1 aliphatic carbocycles. The lowest BCUT2D eigenvalue weighted by molar-refractivity contribution is 0.262. The van der Waals surface area contributed by atoms with Crippen LogP contribution in [0.15, 0.2) is 0 Å². The molecule has 1 rings (SSSR count). The van der Waals surface area contributed by atoms with Gasteiger partial charge in [-0.05, 0) is 30.1 Å². The normalized spacial score (nSPS) is 27.5. The average molecular weight is 167 g/mol. The van der Waals surface area contributed by atoms with E-state index in [1.54, 1.807) is 0 Å². The Balaban J connectivity index is 2.59. The quantitative estimate of drug-likeness (QED) is 0.549. The first-order valence-electron chi connectivity index (χ1n) is 5.42. The molecule has 0 heteroatoms. The molecule has 1 radical (unpaired) electrons. The third-order valence-electron chi connectivity index (χ3n) is 3.20. The van der Waals surface area contributed by atoms with Crippen LogP contribution in [0.25, 0.3) is 0 Å². The first-order valence-corrected chi connectivity index (χ1v) is 5.42. The third kappa shape index (κ3) is 2.24. The van der Waals surface area contributed by atoms with Crippen molar-refractivity contribution in [2.24, 2.45) is 11.3 Å². The molecule has 0 saturated heterocycles. The van der Waals surface area contributed by atoms with Crippen LogP contribution in [-0.4, -0.2) is 0 Å². The van der Waals surface area contributed by atoms with E-state index in [-0.39, 0.29) is 0 Å². The minimum Gasteiger partial charge on any atom is -0.0651 e. The van der Waals surface area contributed by atoms with Gasteiger partial charge in [0.15, 0.2) is 0 Å². The Bertz CT molecular complexity index is 129. The fraction of sp³-hybridized carbons (Fsp3) is 0.917. The van der Waals surface area contributed by atoms with Crippen molar-refractivity contribution in [2.75, 3.05) is 0 Å². The molecule has 1 unspecified atom stereocenters. The predicted octanol–water partition coefficient (Wildman–Crippen LogP) is 4.21. The Morgan fingerprint density at radius 1 is 1.25 bits per heavy atom. The molecule has 0 aromatic carbocycles. The van der Waals surface area contributed by atoms with E-state index < -0.39 is 0 Å². The van der Waals surface area contributed by atoms with E-state index in [0.717, 1.165) is 5.92 Å². The predicted molar refractivity (Wildman–Crippen MR) is 54.9 cm³/mol.